The fourth-order valence-electron chi connectivity index (χ4n) is 5.14. The van der Waals surface area contributed by atoms with Crippen LogP contribution in [0.5, 0.6) is 5.75 Å². The molecular weight excluding hydrogens is 666 g/mol. The Labute approximate surface area is 293 Å². The zero-order valence-corrected chi connectivity index (χ0v) is 30.0. The van der Waals surface area contributed by atoms with Gasteiger partial charge >= 0.3 is 0 Å². The van der Waals surface area contributed by atoms with E-state index < -0.39 is 28.5 Å². The number of nitrogens with one attached hydrogen (secondary N) is 1. The van der Waals surface area contributed by atoms with E-state index in [4.69, 9.17) is 16.3 Å². The maximum atomic E-state index is 14.7. The van der Waals surface area contributed by atoms with Crippen LogP contribution in [0.25, 0.3) is 0 Å². The number of sulfonamides is 1. The summed E-state index contributed by atoms with van der Waals surface area (Å²) in [5.74, 6) is -0.406. The van der Waals surface area contributed by atoms with E-state index in [-0.39, 0.29) is 42.0 Å². The molecule has 0 saturated carbocycles. The molecule has 0 aliphatic carbocycles. The molecule has 48 heavy (non-hydrogen) atoms. The van der Waals surface area contributed by atoms with Crippen LogP contribution in [0.15, 0.2) is 113 Å². The van der Waals surface area contributed by atoms with Crippen molar-refractivity contribution in [2.24, 2.45) is 5.92 Å². The number of thioether (sulfide) groups is 1. The minimum atomic E-state index is -4.28. The number of ether oxygens (including phenoxy) is 1. The van der Waals surface area contributed by atoms with Gasteiger partial charge in [0.25, 0.3) is 10.0 Å². The van der Waals surface area contributed by atoms with Crippen molar-refractivity contribution < 1.29 is 22.7 Å². The molecule has 1 unspecified atom stereocenters. The standard InChI is InChI=1S/C37H42ClN3O5S2/c1-5-46-35-17-10-9-16-33(35)41(48(44,45)32-20-18-31(47-4)19-21-32)26-36(42)40(25-29-14-11-15-30(38)22-29)34(37(43)39-24-27(2)3)23-28-12-7-6-8-13-28/h6-22,27,34H,5,23-26H2,1-4H3,(H,39,43). The van der Waals surface area contributed by atoms with Gasteiger partial charge in [0.15, 0.2) is 0 Å². The monoisotopic (exact) mass is 707 g/mol. The number of hydrogen-bond acceptors (Lipinski definition) is 6. The summed E-state index contributed by atoms with van der Waals surface area (Å²) in [6, 6.07) is 28.8. The molecule has 0 aromatic heterocycles. The molecule has 1 atom stereocenters. The lowest BCUT2D eigenvalue weighted by Gasteiger charge is -2.34. The van der Waals surface area contributed by atoms with E-state index in [1.807, 2.05) is 56.5 Å². The molecule has 0 aliphatic rings. The molecule has 1 N–H and O–H groups in total. The molecule has 0 spiro atoms. The number of rotatable bonds is 16. The van der Waals surface area contributed by atoms with Crippen LogP contribution >= 0.6 is 23.4 Å². The van der Waals surface area contributed by atoms with Crippen LogP contribution in [0.1, 0.15) is 31.9 Å². The molecule has 0 bridgehead atoms. The fraction of sp³-hybridized carbons (Fsp3) is 0.297. The molecule has 0 heterocycles. The number of carbonyl (C=O) groups excluding carboxylic acids is 2. The number of benzene rings is 4. The SMILES string of the molecule is CCOc1ccccc1N(CC(=O)N(Cc1cccc(Cl)c1)C(Cc1ccccc1)C(=O)NCC(C)C)S(=O)(=O)c1ccc(SC)cc1. The number of halogens is 1. The second-order valence-electron chi connectivity index (χ2n) is 11.6. The zero-order valence-electron chi connectivity index (χ0n) is 27.6. The summed E-state index contributed by atoms with van der Waals surface area (Å²) in [7, 11) is -4.28. The van der Waals surface area contributed by atoms with E-state index in [1.165, 1.54) is 28.8 Å². The van der Waals surface area contributed by atoms with Gasteiger partial charge in [-0.25, -0.2) is 8.42 Å². The van der Waals surface area contributed by atoms with E-state index in [0.717, 1.165) is 14.8 Å². The molecule has 4 aromatic carbocycles. The highest BCUT2D eigenvalue weighted by Gasteiger charge is 2.35. The molecule has 0 radical (unpaired) electrons. The molecule has 254 valence electrons. The van der Waals surface area contributed by atoms with Gasteiger partial charge in [0.1, 0.15) is 18.3 Å². The third-order valence-corrected chi connectivity index (χ3v) is 10.3. The topological polar surface area (TPSA) is 96.0 Å². The Hall–Kier alpha value is -3.99. The van der Waals surface area contributed by atoms with Gasteiger partial charge in [-0.05, 0) is 78.8 Å². The minimum Gasteiger partial charge on any atom is -0.492 e. The van der Waals surface area contributed by atoms with E-state index in [9.17, 15) is 18.0 Å². The lowest BCUT2D eigenvalue weighted by molar-refractivity contribution is -0.140. The normalized spacial score (nSPS) is 12.0. The van der Waals surface area contributed by atoms with Gasteiger partial charge in [-0.2, -0.15) is 0 Å². The van der Waals surface area contributed by atoms with Gasteiger partial charge in [-0.15, -0.1) is 11.8 Å². The van der Waals surface area contributed by atoms with Gasteiger partial charge in [0, 0.05) is 29.4 Å². The number of nitrogens with zero attached hydrogens (tertiary/aromatic N) is 2. The first-order chi connectivity index (χ1) is 23.0. The van der Waals surface area contributed by atoms with Crippen LogP contribution in [0.3, 0.4) is 0 Å². The van der Waals surface area contributed by atoms with Gasteiger partial charge in [-0.3, -0.25) is 13.9 Å². The molecule has 11 heteroatoms. The Morgan fingerprint density at radius 3 is 2.21 bits per heavy atom. The molecule has 4 rings (SSSR count). The van der Waals surface area contributed by atoms with E-state index in [2.05, 4.69) is 5.32 Å². The van der Waals surface area contributed by atoms with E-state index in [1.54, 1.807) is 61.5 Å². The summed E-state index contributed by atoms with van der Waals surface area (Å²) in [5, 5.41) is 3.48. The van der Waals surface area contributed by atoms with E-state index >= 15 is 0 Å². The summed E-state index contributed by atoms with van der Waals surface area (Å²) in [6.45, 7) is 5.93. The Balaban J connectivity index is 1.84. The minimum absolute atomic E-state index is 0.0232. The molecule has 0 saturated heterocycles. The van der Waals surface area contributed by atoms with Crippen molar-refractivity contribution in [1.29, 1.82) is 0 Å². The first kappa shape index (κ1) is 36.8. The number of anilines is 1. The highest BCUT2D eigenvalue weighted by atomic mass is 35.5. The maximum Gasteiger partial charge on any atom is 0.264 e. The third-order valence-electron chi connectivity index (χ3n) is 7.56. The Morgan fingerprint density at radius 1 is 0.896 bits per heavy atom. The van der Waals surface area contributed by atoms with Gasteiger partial charge < -0.3 is 15.0 Å². The van der Waals surface area contributed by atoms with Gasteiger partial charge in [0.05, 0.1) is 17.2 Å². The lowest BCUT2D eigenvalue weighted by Crippen LogP contribution is -2.53. The summed E-state index contributed by atoms with van der Waals surface area (Å²) in [4.78, 5) is 31.0. The van der Waals surface area contributed by atoms with Crippen molar-refractivity contribution in [1.82, 2.24) is 10.2 Å². The van der Waals surface area contributed by atoms with Crippen LogP contribution in [-0.4, -0.2) is 57.1 Å². The highest BCUT2D eigenvalue weighted by molar-refractivity contribution is 7.98. The molecule has 8 nitrogen and oxygen atoms in total. The fourth-order valence-corrected chi connectivity index (χ4v) is 7.18. The molecular formula is C37H42ClN3O5S2. The van der Waals surface area contributed by atoms with Crippen molar-refractivity contribution in [3.8, 4) is 5.75 Å². The smallest absolute Gasteiger partial charge is 0.264 e. The quantitative estimate of drug-likeness (QED) is 0.125. The first-order valence-corrected chi connectivity index (χ1v) is 18.8. The van der Waals surface area contributed by atoms with Gasteiger partial charge in [-0.1, -0.05) is 80.0 Å². The second-order valence-corrected chi connectivity index (χ2v) is 14.8. The lowest BCUT2D eigenvalue weighted by atomic mass is 10.0. The average Bonchev–Trinajstić information content (AvgIpc) is 3.08. The third kappa shape index (κ3) is 9.78. The molecule has 4 aromatic rings. The summed E-state index contributed by atoms with van der Waals surface area (Å²) in [6.07, 6.45) is 2.12. The van der Waals surface area contributed by atoms with Crippen molar-refractivity contribution >= 4 is 50.9 Å². The van der Waals surface area contributed by atoms with Gasteiger partial charge in [0.2, 0.25) is 11.8 Å². The number of amides is 2. The molecule has 2 amide bonds. The second kappa shape index (κ2) is 17.4. The Kier molecular flexibility index (Phi) is 13.4. The average molecular weight is 708 g/mol. The summed E-state index contributed by atoms with van der Waals surface area (Å²) >= 11 is 7.83. The maximum absolute atomic E-state index is 14.7. The van der Waals surface area contributed by atoms with Crippen LogP contribution in [0, 0.1) is 5.92 Å². The number of hydrogen-bond donors (Lipinski definition) is 1. The number of carbonyl (C=O) groups is 2. The number of para-hydroxylation sites is 2. The predicted octanol–water partition coefficient (Wildman–Crippen LogP) is 7.07. The largest absolute Gasteiger partial charge is 0.492 e. The first-order valence-electron chi connectivity index (χ1n) is 15.8. The summed E-state index contributed by atoms with van der Waals surface area (Å²) < 4.78 is 35.8. The van der Waals surface area contributed by atoms with E-state index in [0.29, 0.717) is 22.9 Å². The summed E-state index contributed by atoms with van der Waals surface area (Å²) in [5.41, 5.74) is 1.77. The van der Waals surface area contributed by atoms with Crippen molar-refractivity contribution in [3.63, 3.8) is 0 Å². The van der Waals surface area contributed by atoms with Crippen LogP contribution in [0.4, 0.5) is 5.69 Å². The molecule has 0 fully saturated rings. The Morgan fingerprint density at radius 2 is 1.56 bits per heavy atom. The molecule has 0 aliphatic heterocycles. The Bertz CT molecular complexity index is 1770. The zero-order chi connectivity index (χ0) is 34.7. The van der Waals surface area contributed by atoms with Crippen molar-refractivity contribution in [2.75, 3.05) is 30.3 Å². The highest BCUT2D eigenvalue weighted by Crippen LogP contribution is 2.33. The van der Waals surface area contributed by atoms with Crippen LogP contribution in [0.2, 0.25) is 5.02 Å². The van der Waals surface area contributed by atoms with Crippen LogP contribution in [-0.2, 0) is 32.6 Å². The van der Waals surface area contributed by atoms with Crippen molar-refractivity contribution in [2.45, 2.75) is 49.6 Å². The van der Waals surface area contributed by atoms with Crippen LogP contribution < -0.4 is 14.4 Å². The predicted molar refractivity (Wildman–Crippen MR) is 194 cm³/mol. The van der Waals surface area contributed by atoms with Crippen molar-refractivity contribution in [3.05, 3.63) is 119 Å².